The maximum absolute atomic E-state index is 12.4. The van der Waals surface area contributed by atoms with Crippen LogP contribution in [0.4, 0.5) is 0 Å². The molecule has 1 rings (SSSR count). The van der Waals surface area contributed by atoms with E-state index in [-0.39, 0.29) is 34.3 Å². The van der Waals surface area contributed by atoms with E-state index in [2.05, 4.69) is 4.98 Å². The lowest BCUT2D eigenvalue weighted by Gasteiger charge is -2.28. The highest BCUT2D eigenvalue weighted by molar-refractivity contribution is 7.90. The van der Waals surface area contributed by atoms with Gasteiger partial charge < -0.3 is 5.73 Å². The summed E-state index contributed by atoms with van der Waals surface area (Å²) in [6.07, 6.45) is 2.07. The van der Waals surface area contributed by atoms with Gasteiger partial charge in [-0.15, -0.1) is 12.4 Å². The lowest BCUT2D eigenvalue weighted by molar-refractivity contribution is 0.292. The molecule has 0 aliphatic heterocycles. The van der Waals surface area contributed by atoms with Crippen molar-refractivity contribution < 1.29 is 16.8 Å². The van der Waals surface area contributed by atoms with Crippen molar-refractivity contribution in [1.82, 2.24) is 9.29 Å². The van der Waals surface area contributed by atoms with Crippen LogP contribution in [0, 0.1) is 5.41 Å². The van der Waals surface area contributed by atoms with Gasteiger partial charge in [-0.2, -0.15) is 0 Å². The molecular weight excluding hydrogens is 350 g/mol. The van der Waals surface area contributed by atoms with Crippen LogP contribution >= 0.6 is 12.4 Å². The number of nitrogens with two attached hydrogens (primary N) is 1. The van der Waals surface area contributed by atoms with Crippen molar-refractivity contribution in [1.29, 1.82) is 0 Å². The molecule has 0 amide bonds. The van der Waals surface area contributed by atoms with Crippen LogP contribution < -0.4 is 5.73 Å². The van der Waals surface area contributed by atoms with E-state index < -0.39 is 19.9 Å². The van der Waals surface area contributed by atoms with Crippen molar-refractivity contribution in [2.24, 2.45) is 11.1 Å². The first-order valence-corrected chi connectivity index (χ1v) is 9.56. The van der Waals surface area contributed by atoms with Gasteiger partial charge in [0.15, 0.2) is 14.9 Å². The molecule has 2 N–H and O–H groups in total. The third-order valence-electron chi connectivity index (χ3n) is 3.00. The van der Waals surface area contributed by atoms with E-state index in [1.165, 1.54) is 23.5 Å². The van der Waals surface area contributed by atoms with Gasteiger partial charge in [-0.25, -0.2) is 26.1 Å². The highest BCUT2D eigenvalue weighted by Gasteiger charge is 2.27. The Morgan fingerprint density at radius 2 is 1.77 bits per heavy atom. The van der Waals surface area contributed by atoms with Crippen LogP contribution in [-0.4, -0.2) is 52.5 Å². The van der Waals surface area contributed by atoms with E-state index >= 15 is 0 Å². The van der Waals surface area contributed by atoms with Gasteiger partial charge in [-0.05, 0) is 24.1 Å². The van der Waals surface area contributed by atoms with Gasteiger partial charge in [0, 0.05) is 26.0 Å². The smallest absolute Gasteiger partial charge is 0.244 e. The lowest BCUT2D eigenvalue weighted by atomic mass is 9.94. The summed E-state index contributed by atoms with van der Waals surface area (Å²) < 4.78 is 48.6. The van der Waals surface area contributed by atoms with Crippen LogP contribution in [0.2, 0.25) is 0 Å². The minimum atomic E-state index is -3.72. The Labute approximate surface area is 138 Å². The summed E-state index contributed by atoms with van der Waals surface area (Å²) >= 11 is 0. The van der Waals surface area contributed by atoms with Crippen molar-refractivity contribution in [3.8, 4) is 0 Å². The Hall–Kier alpha value is -0.740. The van der Waals surface area contributed by atoms with Crippen molar-refractivity contribution in [3.63, 3.8) is 0 Å². The maximum atomic E-state index is 12.4. The first-order chi connectivity index (χ1) is 9.40. The summed E-state index contributed by atoms with van der Waals surface area (Å²) in [6.45, 7) is 4.33. The summed E-state index contributed by atoms with van der Waals surface area (Å²) in [5.41, 5.74) is 5.24. The molecule has 1 heterocycles. The van der Waals surface area contributed by atoms with Crippen LogP contribution in [0.1, 0.15) is 13.8 Å². The molecule has 0 radical (unpaired) electrons. The third-order valence-corrected chi connectivity index (χ3v) is 5.79. The van der Waals surface area contributed by atoms with Gasteiger partial charge in [0.25, 0.3) is 0 Å². The molecule has 0 aromatic carbocycles. The van der Waals surface area contributed by atoms with E-state index in [0.29, 0.717) is 6.54 Å². The molecule has 0 aliphatic rings. The van der Waals surface area contributed by atoms with Gasteiger partial charge in [-0.3, -0.25) is 0 Å². The molecular formula is C12H22ClN3O4S2. The van der Waals surface area contributed by atoms with E-state index in [0.717, 1.165) is 12.5 Å². The molecule has 0 spiro atoms. The topological polar surface area (TPSA) is 110 Å². The Kier molecular flexibility index (Phi) is 6.98. The fraction of sp³-hybridized carbons (Fsp3) is 0.583. The van der Waals surface area contributed by atoms with Gasteiger partial charge in [-0.1, -0.05) is 13.8 Å². The number of pyridine rings is 1. The third kappa shape index (κ3) is 5.17. The largest absolute Gasteiger partial charge is 0.330 e. The first-order valence-electron chi connectivity index (χ1n) is 6.23. The molecule has 0 saturated heterocycles. The molecule has 128 valence electrons. The van der Waals surface area contributed by atoms with Crippen molar-refractivity contribution in [2.45, 2.75) is 23.8 Å². The molecule has 1 aromatic heterocycles. The van der Waals surface area contributed by atoms with Crippen molar-refractivity contribution in [2.75, 3.05) is 26.4 Å². The van der Waals surface area contributed by atoms with Crippen LogP contribution in [0.15, 0.2) is 28.3 Å². The van der Waals surface area contributed by atoms with E-state index in [1.807, 2.05) is 13.8 Å². The zero-order chi connectivity index (χ0) is 16.5. The summed E-state index contributed by atoms with van der Waals surface area (Å²) in [5.74, 6) is 0. The Morgan fingerprint density at radius 3 is 2.14 bits per heavy atom. The normalized spacial score (nSPS) is 13.0. The molecule has 0 unspecified atom stereocenters. The summed E-state index contributed by atoms with van der Waals surface area (Å²) in [6, 6.07) is 2.43. The van der Waals surface area contributed by atoms with E-state index in [9.17, 15) is 16.8 Å². The van der Waals surface area contributed by atoms with Gasteiger partial charge in [0.1, 0.15) is 4.90 Å². The number of aromatic nitrogens is 1. The standard InChI is InChI=1S/C12H21N3O4S2.ClH/c1-12(2,8-13)9-15(3)21(18,19)10-5-6-11(14-7-10)20(4,16)17;/h5-7H,8-9,13H2,1-4H3;1H. The fourth-order valence-electron chi connectivity index (χ4n) is 1.67. The molecule has 1 aromatic rings. The van der Waals surface area contributed by atoms with Gasteiger partial charge in [0.2, 0.25) is 10.0 Å². The minimum Gasteiger partial charge on any atom is -0.330 e. The lowest BCUT2D eigenvalue weighted by Crippen LogP contribution is -2.39. The number of sulfone groups is 1. The second-order valence-electron chi connectivity index (χ2n) is 5.73. The summed E-state index contributed by atoms with van der Waals surface area (Å²) in [5, 5.41) is -0.161. The molecule has 22 heavy (non-hydrogen) atoms. The zero-order valence-corrected chi connectivity index (χ0v) is 15.4. The summed E-state index contributed by atoms with van der Waals surface area (Å²) in [4.78, 5) is 3.65. The average molecular weight is 372 g/mol. The number of rotatable bonds is 6. The van der Waals surface area contributed by atoms with Crippen LogP contribution in [0.5, 0.6) is 0 Å². The molecule has 0 aliphatic carbocycles. The van der Waals surface area contributed by atoms with Crippen LogP contribution in [0.25, 0.3) is 0 Å². The molecule has 10 heteroatoms. The predicted molar refractivity (Wildman–Crippen MR) is 87.2 cm³/mol. The number of nitrogens with zero attached hydrogens (tertiary/aromatic N) is 2. The molecule has 0 saturated carbocycles. The van der Waals surface area contributed by atoms with E-state index in [4.69, 9.17) is 5.73 Å². The molecule has 7 nitrogen and oxygen atoms in total. The van der Waals surface area contributed by atoms with Crippen molar-refractivity contribution in [3.05, 3.63) is 18.3 Å². The van der Waals surface area contributed by atoms with E-state index in [1.54, 1.807) is 0 Å². The molecule has 0 atom stereocenters. The summed E-state index contributed by atoms with van der Waals surface area (Å²) in [7, 11) is -5.72. The van der Waals surface area contributed by atoms with Crippen molar-refractivity contribution >= 4 is 32.3 Å². The second-order valence-corrected chi connectivity index (χ2v) is 9.74. The number of hydrogen-bond donors (Lipinski definition) is 1. The molecule has 0 fully saturated rings. The SMILES string of the molecule is CN(CC(C)(C)CN)S(=O)(=O)c1ccc(S(C)(=O)=O)nc1.Cl. The minimum absolute atomic E-state index is 0. The Balaban J connectivity index is 0.00000441. The fourth-order valence-corrected chi connectivity index (χ4v) is 3.54. The van der Waals surface area contributed by atoms with Gasteiger partial charge >= 0.3 is 0 Å². The predicted octanol–water partition coefficient (Wildman–Crippen LogP) is 0.512. The average Bonchev–Trinajstić information content (AvgIpc) is 2.37. The number of sulfonamides is 1. The highest BCUT2D eigenvalue weighted by atomic mass is 35.5. The van der Waals surface area contributed by atoms with Crippen LogP contribution in [-0.2, 0) is 19.9 Å². The number of halogens is 1. The monoisotopic (exact) mass is 371 g/mol. The second kappa shape index (κ2) is 7.22. The molecule has 0 bridgehead atoms. The Bertz CT molecular complexity index is 700. The quantitative estimate of drug-likeness (QED) is 0.780. The maximum Gasteiger partial charge on any atom is 0.244 e. The first kappa shape index (κ1) is 21.3. The van der Waals surface area contributed by atoms with Gasteiger partial charge in [0.05, 0.1) is 0 Å². The van der Waals surface area contributed by atoms with Crippen LogP contribution in [0.3, 0.4) is 0 Å². The Morgan fingerprint density at radius 1 is 1.23 bits per heavy atom. The highest BCUT2D eigenvalue weighted by Crippen LogP contribution is 2.20. The number of hydrogen-bond acceptors (Lipinski definition) is 6. The zero-order valence-electron chi connectivity index (χ0n) is 13.0.